The van der Waals surface area contributed by atoms with E-state index in [0.717, 1.165) is 12.0 Å². The fraction of sp³-hybridized carbons (Fsp3) is 0.409. The maximum Gasteiger partial charge on any atom is 0.232 e. The second-order valence-electron chi connectivity index (χ2n) is 7.56. The molecule has 0 radical (unpaired) electrons. The first-order valence-corrected chi connectivity index (χ1v) is 10.9. The van der Waals surface area contributed by atoms with Gasteiger partial charge in [-0.2, -0.15) is 4.98 Å². The van der Waals surface area contributed by atoms with Gasteiger partial charge in [0.25, 0.3) is 0 Å². The van der Waals surface area contributed by atoms with Crippen LogP contribution in [0.25, 0.3) is 11.4 Å². The molecule has 8 heteroatoms. The first-order valence-electron chi connectivity index (χ1n) is 10.0. The van der Waals surface area contributed by atoms with E-state index < -0.39 is 0 Å². The first-order chi connectivity index (χ1) is 14.5. The monoisotopic (exact) mass is 427 g/mol. The molecule has 3 heterocycles. The summed E-state index contributed by atoms with van der Waals surface area (Å²) in [6, 6.07) is 9.68. The van der Waals surface area contributed by atoms with Gasteiger partial charge in [-0.1, -0.05) is 11.2 Å². The average molecular weight is 428 g/mol. The summed E-state index contributed by atoms with van der Waals surface area (Å²) in [5, 5.41) is 6.18. The predicted octanol–water partition coefficient (Wildman–Crippen LogP) is 4.15. The number of thiophene rings is 1. The van der Waals surface area contributed by atoms with Crippen LogP contribution in [0.5, 0.6) is 11.5 Å². The summed E-state index contributed by atoms with van der Waals surface area (Å²) in [5.41, 5.74) is 0.775. The van der Waals surface area contributed by atoms with Crippen molar-refractivity contribution in [3.8, 4) is 22.9 Å². The van der Waals surface area contributed by atoms with Crippen LogP contribution in [0.1, 0.15) is 37.0 Å². The summed E-state index contributed by atoms with van der Waals surface area (Å²) in [4.78, 5) is 20.1. The lowest BCUT2D eigenvalue weighted by atomic mass is 10.1. The van der Waals surface area contributed by atoms with Gasteiger partial charge in [0, 0.05) is 30.0 Å². The second-order valence-corrected chi connectivity index (χ2v) is 8.59. The van der Waals surface area contributed by atoms with Gasteiger partial charge in [-0.15, -0.1) is 11.3 Å². The Labute approximate surface area is 179 Å². The van der Waals surface area contributed by atoms with Crippen molar-refractivity contribution in [2.75, 3.05) is 20.2 Å². The van der Waals surface area contributed by atoms with Crippen molar-refractivity contribution in [1.82, 2.24) is 15.0 Å². The maximum atomic E-state index is 12.4. The Bertz CT molecular complexity index is 1000. The molecule has 1 fully saturated rings. The van der Waals surface area contributed by atoms with Gasteiger partial charge in [-0.05, 0) is 49.9 Å². The van der Waals surface area contributed by atoms with E-state index >= 15 is 0 Å². The Kier molecular flexibility index (Phi) is 6.03. The predicted molar refractivity (Wildman–Crippen MR) is 114 cm³/mol. The molecular weight excluding hydrogens is 402 g/mol. The number of likely N-dealkylation sites (tertiary alicyclic amines) is 1. The fourth-order valence-corrected chi connectivity index (χ4v) is 4.23. The zero-order valence-corrected chi connectivity index (χ0v) is 18.1. The number of carbonyl (C=O) groups is 1. The van der Waals surface area contributed by atoms with Gasteiger partial charge < -0.3 is 18.9 Å². The molecule has 1 saturated heterocycles. The third-order valence-electron chi connectivity index (χ3n) is 5.00. The zero-order valence-electron chi connectivity index (χ0n) is 17.3. The van der Waals surface area contributed by atoms with Crippen molar-refractivity contribution in [2.45, 2.75) is 38.7 Å². The van der Waals surface area contributed by atoms with Crippen LogP contribution in [0.2, 0.25) is 0 Å². The number of ether oxygens (including phenoxy) is 2. The van der Waals surface area contributed by atoms with Crippen molar-refractivity contribution in [2.24, 2.45) is 0 Å². The Morgan fingerprint density at radius 1 is 1.30 bits per heavy atom. The Morgan fingerprint density at radius 2 is 2.17 bits per heavy atom. The van der Waals surface area contributed by atoms with Crippen LogP contribution in [0, 0.1) is 0 Å². The molecule has 3 aromatic rings. The number of aromatic nitrogens is 2. The lowest BCUT2D eigenvalue weighted by Gasteiger charge is -2.15. The van der Waals surface area contributed by atoms with E-state index in [4.69, 9.17) is 14.0 Å². The van der Waals surface area contributed by atoms with Crippen molar-refractivity contribution in [3.63, 3.8) is 0 Å². The molecule has 0 N–H and O–H groups in total. The molecule has 30 heavy (non-hydrogen) atoms. The molecule has 158 valence electrons. The minimum atomic E-state index is -0.0764. The van der Waals surface area contributed by atoms with Crippen LogP contribution in [-0.2, 0) is 11.2 Å². The van der Waals surface area contributed by atoms with E-state index in [1.165, 1.54) is 4.88 Å². The lowest BCUT2D eigenvalue weighted by molar-refractivity contribution is -0.127. The Morgan fingerprint density at radius 3 is 2.90 bits per heavy atom. The van der Waals surface area contributed by atoms with Gasteiger partial charge in [-0.25, -0.2) is 0 Å². The summed E-state index contributed by atoms with van der Waals surface area (Å²) in [6.07, 6.45) is 1.32. The number of hydrogen-bond donors (Lipinski definition) is 0. The number of rotatable bonds is 8. The number of nitrogens with zero attached hydrogens (tertiary/aromatic N) is 3. The molecule has 1 aliphatic heterocycles. The molecular formula is C22H25N3O4S. The molecule has 2 aromatic heterocycles. The Hall–Kier alpha value is -2.87. The zero-order chi connectivity index (χ0) is 21.1. The second kappa shape index (κ2) is 8.87. The number of hydrogen-bond acceptors (Lipinski definition) is 7. The molecule has 4 rings (SSSR count). The molecule has 1 amide bonds. The largest absolute Gasteiger partial charge is 0.493 e. The highest BCUT2D eigenvalue weighted by Crippen LogP contribution is 2.34. The molecule has 1 aromatic carbocycles. The van der Waals surface area contributed by atoms with Gasteiger partial charge in [0.15, 0.2) is 11.5 Å². The normalized spacial score (nSPS) is 16.5. The number of amides is 1. The SMILES string of the molecule is COc1cc(-c2noc(C3CC(=O)N(CCc4cccs4)C3)n2)ccc1OC(C)C. The minimum Gasteiger partial charge on any atom is -0.493 e. The smallest absolute Gasteiger partial charge is 0.232 e. The topological polar surface area (TPSA) is 77.7 Å². The van der Waals surface area contributed by atoms with E-state index in [0.29, 0.717) is 42.7 Å². The minimum absolute atomic E-state index is 0.0455. The summed E-state index contributed by atoms with van der Waals surface area (Å²) in [5.74, 6) is 2.31. The maximum absolute atomic E-state index is 12.4. The summed E-state index contributed by atoms with van der Waals surface area (Å²) in [7, 11) is 1.60. The summed E-state index contributed by atoms with van der Waals surface area (Å²) in [6.45, 7) is 5.25. The molecule has 0 spiro atoms. The highest BCUT2D eigenvalue weighted by atomic mass is 32.1. The number of methoxy groups -OCH3 is 1. The molecule has 0 aliphatic carbocycles. The van der Waals surface area contributed by atoms with Crippen molar-refractivity contribution >= 4 is 17.2 Å². The van der Waals surface area contributed by atoms with Crippen LogP contribution in [0.3, 0.4) is 0 Å². The molecule has 7 nitrogen and oxygen atoms in total. The number of carbonyl (C=O) groups excluding carboxylic acids is 1. The van der Waals surface area contributed by atoms with Crippen LogP contribution in [0.15, 0.2) is 40.2 Å². The Balaban J connectivity index is 1.44. The molecule has 0 bridgehead atoms. The summed E-state index contributed by atoms with van der Waals surface area (Å²) >= 11 is 1.71. The fourth-order valence-electron chi connectivity index (χ4n) is 3.53. The van der Waals surface area contributed by atoms with Gasteiger partial charge in [0.2, 0.25) is 17.6 Å². The third kappa shape index (κ3) is 4.48. The van der Waals surface area contributed by atoms with Crippen LogP contribution in [-0.4, -0.2) is 47.3 Å². The van der Waals surface area contributed by atoms with E-state index in [1.807, 2.05) is 43.0 Å². The van der Waals surface area contributed by atoms with E-state index in [9.17, 15) is 4.79 Å². The highest BCUT2D eigenvalue weighted by molar-refractivity contribution is 7.09. The van der Waals surface area contributed by atoms with Crippen molar-refractivity contribution < 1.29 is 18.8 Å². The van der Waals surface area contributed by atoms with Crippen LogP contribution < -0.4 is 9.47 Å². The summed E-state index contributed by atoms with van der Waals surface area (Å²) < 4.78 is 16.7. The van der Waals surface area contributed by atoms with Crippen molar-refractivity contribution in [3.05, 3.63) is 46.5 Å². The van der Waals surface area contributed by atoms with E-state index in [-0.39, 0.29) is 17.9 Å². The standard InChI is InChI=1S/C22H25N3O4S/c1-14(2)28-18-7-6-15(11-19(18)27-3)21-23-22(29-24-21)16-12-20(26)25(13-16)9-8-17-5-4-10-30-17/h4-7,10-11,14,16H,8-9,12-13H2,1-3H3. The average Bonchev–Trinajstić information content (AvgIpc) is 3.47. The molecule has 1 atom stereocenters. The molecule has 0 saturated carbocycles. The van der Waals surface area contributed by atoms with Crippen LogP contribution >= 0.6 is 11.3 Å². The van der Waals surface area contributed by atoms with Gasteiger partial charge in [0.1, 0.15) is 0 Å². The van der Waals surface area contributed by atoms with Crippen LogP contribution in [0.4, 0.5) is 0 Å². The quantitative estimate of drug-likeness (QED) is 0.537. The molecule has 1 unspecified atom stereocenters. The third-order valence-corrected chi connectivity index (χ3v) is 5.93. The van der Waals surface area contributed by atoms with Crippen molar-refractivity contribution in [1.29, 1.82) is 0 Å². The lowest BCUT2D eigenvalue weighted by Crippen LogP contribution is -2.27. The van der Waals surface area contributed by atoms with E-state index in [1.54, 1.807) is 18.4 Å². The van der Waals surface area contributed by atoms with Gasteiger partial charge in [0.05, 0.1) is 19.1 Å². The number of benzene rings is 1. The van der Waals surface area contributed by atoms with Gasteiger partial charge >= 0.3 is 0 Å². The van der Waals surface area contributed by atoms with Gasteiger partial charge in [-0.3, -0.25) is 4.79 Å². The highest BCUT2D eigenvalue weighted by Gasteiger charge is 2.34. The van der Waals surface area contributed by atoms with E-state index in [2.05, 4.69) is 21.6 Å². The molecule has 1 aliphatic rings. The first kappa shape index (κ1) is 20.4.